The van der Waals surface area contributed by atoms with Crippen molar-refractivity contribution >= 4 is 41.4 Å². The summed E-state index contributed by atoms with van der Waals surface area (Å²) < 4.78 is 19.0. The molecule has 2 nitrogen and oxygen atoms in total. The molecule has 7 heteroatoms. The van der Waals surface area contributed by atoms with Gasteiger partial charge in [-0.2, -0.15) is 0 Å². The van der Waals surface area contributed by atoms with Gasteiger partial charge in [0.15, 0.2) is 0 Å². The predicted molar refractivity (Wildman–Crippen MR) is 33.1 cm³/mol. The molecule has 0 aromatic rings. The quantitative estimate of drug-likeness (QED) is 0.233. The standard InChI is InChI=1S/Na.H2O2S4/c;1-6(2)5-4-3/h;3H,(H,1,2)/q+1;/p-1. The van der Waals surface area contributed by atoms with Gasteiger partial charge >= 0.3 is 29.6 Å². The first kappa shape index (κ1) is 11.9. The third-order valence-corrected chi connectivity index (χ3v) is 3.96. The van der Waals surface area contributed by atoms with Crippen LogP contribution >= 0.6 is 31.3 Å². The molecule has 0 radical (unpaired) electrons. The van der Waals surface area contributed by atoms with Crippen molar-refractivity contribution in [1.29, 1.82) is 0 Å². The summed E-state index contributed by atoms with van der Waals surface area (Å²) >= 11 is 3.55. The summed E-state index contributed by atoms with van der Waals surface area (Å²) in [4.78, 5) is 0. The van der Waals surface area contributed by atoms with Crippen LogP contribution in [-0.4, -0.2) is 8.76 Å². The topological polar surface area (TPSA) is 40.1 Å². The molecule has 0 aliphatic rings. The van der Waals surface area contributed by atoms with Gasteiger partial charge in [0.05, 0.1) is 0 Å². The molecule has 0 rings (SSSR count). The Morgan fingerprint density at radius 1 is 1.71 bits per heavy atom. The SMILES string of the molecule is O=S([O-])SSS.[Na+]. The maximum absolute atomic E-state index is 9.49. The first-order valence-electron chi connectivity index (χ1n) is 0.849. The van der Waals surface area contributed by atoms with Crippen LogP contribution in [0.2, 0.25) is 0 Å². The average Bonchev–Trinajstić information content (AvgIpc) is 1.35. The van der Waals surface area contributed by atoms with Crippen molar-refractivity contribution in [3.63, 3.8) is 0 Å². The molecule has 7 heavy (non-hydrogen) atoms. The molecule has 1 atom stereocenters. The Bertz CT molecular complexity index is 53.7. The Labute approximate surface area is 78.8 Å². The van der Waals surface area contributed by atoms with E-state index in [-0.39, 0.29) is 29.6 Å². The van der Waals surface area contributed by atoms with Crippen LogP contribution in [0.1, 0.15) is 0 Å². The van der Waals surface area contributed by atoms with Gasteiger partial charge in [-0.15, -0.1) is 0 Å². The van der Waals surface area contributed by atoms with Gasteiger partial charge < -0.3 is 4.55 Å². The molecule has 0 saturated heterocycles. The van der Waals surface area contributed by atoms with E-state index in [0.717, 1.165) is 9.83 Å². The zero-order valence-corrected chi connectivity index (χ0v) is 8.83. The van der Waals surface area contributed by atoms with E-state index in [2.05, 4.69) is 11.7 Å². The van der Waals surface area contributed by atoms with E-state index in [1.807, 2.05) is 0 Å². The maximum atomic E-state index is 9.49. The summed E-state index contributed by atoms with van der Waals surface area (Å²) in [5.74, 6) is 0. The average molecular weight is 184 g/mol. The van der Waals surface area contributed by atoms with Gasteiger partial charge in [0, 0.05) is 19.9 Å². The molecule has 1 unspecified atom stereocenters. The third kappa shape index (κ3) is 11.6. The Hall–Kier alpha value is 2.16. The summed E-state index contributed by atoms with van der Waals surface area (Å²) in [5, 5.41) is 0. The number of hydrogen-bond acceptors (Lipinski definition) is 5. The summed E-state index contributed by atoms with van der Waals surface area (Å²) in [5.41, 5.74) is 0. The molecule has 0 N–H and O–H groups in total. The smallest absolute Gasteiger partial charge is 0.763 e. The normalized spacial score (nSPS) is 12.3. The zero-order chi connectivity index (χ0) is 4.99. The molecule has 0 aromatic heterocycles. The largest absolute Gasteiger partial charge is 1.00 e. The monoisotopic (exact) mass is 184 g/mol. The Morgan fingerprint density at radius 2 is 2.14 bits per heavy atom. The second-order valence-electron chi connectivity index (χ2n) is 0.347. The maximum Gasteiger partial charge on any atom is 1.00 e. The Morgan fingerprint density at radius 3 is 2.14 bits per heavy atom. The van der Waals surface area contributed by atoms with Crippen molar-refractivity contribution in [2.75, 3.05) is 0 Å². The summed E-state index contributed by atoms with van der Waals surface area (Å²) in [6.07, 6.45) is 0. The molecule has 0 aliphatic carbocycles. The predicted octanol–water partition coefficient (Wildman–Crippen LogP) is -1.99. The summed E-state index contributed by atoms with van der Waals surface area (Å²) in [6.45, 7) is 0. The van der Waals surface area contributed by atoms with Crippen molar-refractivity contribution in [3.8, 4) is 0 Å². The molecule has 0 fully saturated rings. The molecule has 0 aromatic carbocycles. The molecule has 0 heterocycles. The fourth-order valence-corrected chi connectivity index (χ4v) is 2.01. The molecule has 38 valence electrons. The van der Waals surface area contributed by atoms with E-state index in [0.29, 0.717) is 9.83 Å². The fourth-order valence-electron chi connectivity index (χ4n) is 0.0248. The van der Waals surface area contributed by atoms with Crippen LogP contribution in [0.25, 0.3) is 0 Å². The second-order valence-corrected chi connectivity index (χ2v) is 5.28. The van der Waals surface area contributed by atoms with E-state index < -0.39 is 10.1 Å². The first-order chi connectivity index (χ1) is 2.77. The van der Waals surface area contributed by atoms with Gasteiger partial charge in [0.1, 0.15) is 0 Å². The van der Waals surface area contributed by atoms with Crippen LogP contribution < -0.4 is 29.6 Å². The number of hydrogen-bond donors (Lipinski definition) is 1. The van der Waals surface area contributed by atoms with E-state index >= 15 is 0 Å². The van der Waals surface area contributed by atoms with Crippen molar-refractivity contribution in [2.45, 2.75) is 0 Å². The van der Waals surface area contributed by atoms with E-state index in [1.165, 1.54) is 0 Å². The Kier molecular flexibility index (Phi) is 13.9. The molecular formula is HNaO2S4. The van der Waals surface area contributed by atoms with Crippen LogP contribution in [-0.2, 0) is 10.1 Å². The van der Waals surface area contributed by atoms with Gasteiger partial charge in [-0.25, -0.2) is 0 Å². The first-order valence-corrected chi connectivity index (χ1v) is 5.64. The minimum Gasteiger partial charge on any atom is -0.763 e. The molecule has 0 aliphatic heterocycles. The van der Waals surface area contributed by atoms with Gasteiger partial charge in [-0.3, -0.25) is 4.21 Å². The van der Waals surface area contributed by atoms with Crippen molar-refractivity contribution in [1.82, 2.24) is 0 Å². The molecule has 0 spiro atoms. The third-order valence-electron chi connectivity index (χ3n) is 0.0860. The van der Waals surface area contributed by atoms with Crippen molar-refractivity contribution in [2.24, 2.45) is 0 Å². The van der Waals surface area contributed by atoms with E-state index in [1.54, 1.807) is 0 Å². The zero-order valence-electron chi connectivity index (χ0n) is 3.49. The number of rotatable bonds is 2. The molecule has 0 bridgehead atoms. The summed E-state index contributed by atoms with van der Waals surface area (Å²) in [7, 11) is -0.421. The van der Waals surface area contributed by atoms with E-state index in [4.69, 9.17) is 0 Å². The second kappa shape index (κ2) is 8.16. The van der Waals surface area contributed by atoms with Crippen LogP contribution in [0, 0.1) is 0 Å². The molecular weight excluding hydrogens is 183 g/mol. The van der Waals surface area contributed by atoms with Crippen LogP contribution in [0.4, 0.5) is 0 Å². The number of thiol groups is 1. The summed E-state index contributed by atoms with van der Waals surface area (Å²) in [6, 6.07) is 0. The minimum atomic E-state index is -2.01. The molecule has 0 amide bonds. The minimum absolute atomic E-state index is 0. The van der Waals surface area contributed by atoms with Crippen LogP contribution in [0.5, 0.6) is 0 Å². The fraction of sp³-hybridized carbons (Fsp3) is 0. The Balaban J connectivity index is 0. The van der Waals surface area contributed by atoms with Gasteiger partial charge in [-0.1, -0.05) is 11.7 Å². The van der Waals surface area contributed by atoms with Crippen LogP contribution in [0.15, 0.2) is 0 Å². The molecule has 0 saturated carbocycles. The van der Waals surface area contributed by atoms with Crippen molar-refractivity contribution < 1.29 is 38.3 Å². The van der Waals surface area contributed by atoms with E-state index in [9.17, 15) is 8.76 Å². The van der Waals surface area contributed by atoms with Gasteiger partial charge in [-0.05, 0) is 9.83 Å². The van der Waals surface area contributed by atoms with Crippen molar-refractivity contribution in [3.05, 3.63) is 0 Å². The van der Waals surface area contributed by atoms with Gasteiger partial charge in [0.25, 0.3) is 0 Å². The van der Waals surface area contributed by atoms with Gasteiger partial charge in [0.2, 0.25) is 0 Å². The van der Waals surface area contributed by atoms with Crippen LogP contribution in [0.3, 0.4) is 0 Å².